The number of carbonyl (C=O) groups is 1. The molecule has 0 fully saturated rings. The summed E-state index contributed by atoms with van der Waals surface area (Å²) in [6.45, 7) is 4.92. The predicted molar refractivity (Wildman–Crippen MR) is 143 cm³/mol. The molecule has 5 heteroatoms. The summed E-state index contributed by atoms with van der Waals surface area (Å²) in [5, 5.41) is 30.8. The average molecular weight is 482 g/mol. The summed E-state index contributed by atoms with van der Waals surface area (Å²) >= 11 is 0. The molecule has 3 N–H and O–H groups in total. The van der Waals surface area contributed by atoms with Crippen LogP contribution in [-0.4, -0.2) is 57.5 Å². The van der Waals surface area contributed by atoms with E-state index in [1.165, 1.54) is 77.0 Å². The standard InChI is InChI=1S/C29H55NO4/c1-4-7-9-11-13-15-17-19-22-26(31)24-30(28(21-6-3)29(33)34)25-27(32)23-20-18-16-14-12-10-8-5-2/h3,26-28,31-32H,4-5,7-25H2,1-2H3,(H,33,34)/t26?,27?,28-/m0/s1. The smallest absolute Gasteiger partial charge is 0.321 e. The maximum absolute atomic E-state index is 11.8. The van der Waals surface area contributed by atoms with Crippen LogP contribution in [0.2, 0.25) is 0 Å². The van der Waals surface area contributed by atoms with Gasteiger partial charge in [-0.3, -0.25) is 9.69 Å². The van der Waals surface area contributed by atoms with Gasteiger partial charge < -0.3 is 15.3 Å². The largest absolute Gasteiger partial charge is 0.480 e. The second-order valence-electron chi connectivity index (χ2n) is 10.1. The van der Waals surface area contributed by atoms with E-state index in [1.54, 1.807) is 4.90 Å². The van der Waals surface area contributed by atoms with Gasteiger partial charge in [-0.15, -0.1) is 12.3 Å². The van der Waals surface area contributed by atoms with Crippen molar-refractivity contribution in [2.75, 3.05) is 13.1 Å². The minimum absolute atomic E-state index is 0.0737. The summed E-state index contributed by atoms with van der Waals surface area (Å²) in [7, 11) is 0. The third-order valence-corrected chi connectivity index (χ3v) is 6.71. The Morgan fingerprint density at radius 3 is 1.38 bits per heavy atom. The van der Waals surface area contributed by atoms with Gasteiger partial charge >= 0.3 is 5.97 Å². The van der Waals surface area contributed by atoms with E-state index in [2.05, 4.69) is 19.8 Å². The molecule has 0 bridgehead atoms. The van der Waals surface area contributed by atoms with Crippen molar-refractivity contribution in [2.24, 2.45) is 0 Å². The van der Waals surface area contributed by atoms with E-state index in [0.29, 0.717) is 12.8 Å². The highest BCUT2D eigenvalue weighted by molar-refractivity contribution is 5.73. The Bertz CT molecular complexity index is 477. The molecule has 0 aromatic rings. The molecule has 0 aromatic carbocycles. The zero-order chi connectivity index (χ0) is 25.4. The van der Waals surface area contributed by atoms with Crippen LogP contribution in [0, 0.1) is 12.3 Å². The normalized spacial score (nSPS) is 14.1. The zero-order valence-corrected chi connectivity index (χ0v) is 22.4. The van der Waals surface area contributed by atoms with Crippen LogP contribution in [-0.2, 0) is 4.79 Å². The van der Waals surface area contributed by atoms with E-state index >= 15 is 0 Å². The van der Waals surface area contributed by atoms with Gasteiger partial charge in [0.2, 0.25) is 0 Å². The zero-order valence-electron chi connectivity index (χ0n) is 22.4. The molecule has 3 atom stereocenters. The highest BCUT2D eigenvalue weighted by atomic mass is 16.4. The van der Waals surface area contributed by atoms with Crippen molar-refractivity contribution in [1.29, 1.82) is 0 Å². The van der Waals surface area contributed by atoms with Gasteiger partial charge in [0.05, 0.1) is 12.2 Å². The first-order valence-corrected chi connectivity index (χ1v) is 14.2. The van der Waals surface area contributed by atoms with Crippen molar-refractivity contribution in [1.82, 2.24) is 4.90 Å². The fourth-order valence-electron chi connectivity index (χ4n) is 4.56. The summed E-state index contributed by atoms with van der Waals surface area (Å²) in [6, 6.07) is -0.869. The molecule has 0 aliphatic rings. The number of unbranched alkanes of at least 4 members (excludes halogenated alkanes) is 14. The van der Waals surface area contributed by atoms with Crippen LogP contribution >= 0.6 is 0 Å². The monoisotopic (exact) mass is 481 g/mol. The third-order valence-electron chi connectivity index (χ3n) is 6.71. The average Bonchev–Trinajstić information content (AvgIpc) is 2.80. The van der Waals surface area contributed by atoms with E-state index in [4.69, 9.17) is 6.42 Å². The number of hydrogen-bond acceptors (Lipinski definition) is 4. The summed E-state index contributed by atoms with van der Waals surface area (Å²) in [6.07, 6.45) is 24.8. The van der Waals surface area contributed by atoms with E-state index in [0.717, 1.165) is 25.7 Å². The van der Waals surface area contributed by atoms with Crippen molar-refractivity contribution in [3.05, 3.63) is 0 Å². The van der Waals surface area contributed by atoms with E-state index in [-0.39, 0.29) is 19.5 Å². The van der Waals surface area contributed by atoms with Gasteiger partial charge in [0.1, 0.15) is 6.04 Å². The van der Waals surface area contributed by atoms with Crippen LogP contribution < -0.4 is 0 Å². The first-order valence-electron chi connectivity index (χ1n) is 14.2. The Morgan fingerprint density at radius 2 is 1.06 bits per heavy atom. The second kappa shape index (κ2) is 23.6. The quantitative estimate of drug-likeness (QED) is 0.102. The van der Waals surface area contributed by atoms with Crippen molar-refractivity contribution >= 4 is 5.97 Å². The molecule has 0 saturated heterocycles. The van der Waals surface area contributed by atoms with Gasteiger partial charge in [0, 0.05) is 19.5 Å². The number of aliphatic hydroxyl groups excluding tert-OH is 2. The Hall–Kier alpha value is -1.09. The number of nitrogens with zero attached hydrogens (tertiary/aromatic N) is 1. The first-order chi connectivity index (χ1) is 16.5. The van der Waals surface area contributed by atoms with Crippen LogP contribution in [0.4, 0.5) is 0 Å². The lowest BCUT2D eigenvalue weighted by Gasteiger charge is -2.31. The molecule has 0 rings (SSSR count). The minimum Gasteiger partial charge on any atom is -0.480 e. The molecule has 0 amide bonds. The molecule has 200 valence electrons. The Kier molecular flexibility index (Phi) is 22.9. The fourth-order valence-corrected chi connectivity index (χ4v) is 4.56. The van der Waals surface area contributed by atoms with E-state index in [9.17, 15) is 20.1 Å². The van der Waals surface area contributed by atoms with Crippen molar-refractivity contribution < 1.29 is 20.1 Å². The van der Waals surface area contributed by atoms with Crippen molar-refractivity contribution in [3.63, 3.8) is 0 Å². The number of hydrogen-bond donors (Lipinski definition) is 3. The van der Waals surface area contributed by atoms with Crippen LogP contribution in [0.25, 0.3) is 0 Å². The van der Waals surface area contributed by atoms with Crippen LogP contribution in [0.5, 0.6) is 0 Å². The Morgan fingerprint density at radius 1 is 0.706 bits per heavy atom. The highest BCUT2D eigenvalue weighted by Gasteiger charge is 2.28. The first kappa shape index (κ1) is 32.9. The van der Waals surface area contributed by atoms with Gasteiger partial charge in [0.25, 0.3) is 0 Å². The van der Waals surface area contributed by atoms with E-state index < -0.39 is 24.2 Å². The summed E-state index contributed by atoms with van der Waals surface area (Å²) in [5.41, 5.74) is 0. The summed E-state index contributed by atoms with van der Waals surface area (Å²) in [5.74, 6) is 1.46. The SMILES string of the molecule is C#CC[C@@H](C(=O)O)N(CC(O)CCCCCCCCCC)CC(O)CCCCCCCCCC. The number of carboxylic acid groups (broad SMARTS) is 1. The lowest BCUT2D eigenvalue weighted by Crippen LogP contribution is -2.48. The maximum atomic E-state index is 11.8. The van der Waals surface area contributed by atoms with Crippen molar-refractivity contribution in [3.8, 4) is 12.3 Å². The number of terminal acetylenes is 1. The van der Waals surface area contributed by atoms with Gasteiger partial charge in [-0.05, 0) is 12.8 Å². The molecule has 0 aliphatic heterocycles. The summed E-state index contributed by atoms with van der Waals surface area (Å²) < 4.78 is 0. The Balaban J connectivity index is 4.39. The molecule has 0 radical (unpaired) electrons. The molecular weight excluding hydrogens is 426 g/mol. The minimum atomic E-state index is -0.989. The lowest BCUT2D eigenvalue weighted by atomic mass is 10.0. The highest BCUT2D eigenvalue weighted by Crippen LogP contribution is 2.16. The lowest BCUT2D eigenvalue weighted by molar-refractivity contribution is -0.144. The fraction of sp³-hybridized carbons (Fsp3) is 0.897. The van der Waals surface area contributed by atoms with E-state index in [1.807, 2.05) is 0 Å². The van der Waals surface area contributed by atoms with Crippen LogP contribution in [0.3, 0.4) is 0 Å². The summed E-state index contributed by atoms with van der Waals surface area (Å²) in [4.78, 5) is 13.5. The number of aliphatic carboxylic acids is 1. The number of rotatable bonds is 25. The van der Waals surface area contributed by atoms with Gasteiger partial charge in [-0.1, -0.05) is 117 Å². The molecule has 0 heterocycles. The topological polar surface area (TPSA) is 81.0 Å². The van der Waals surface area contributed by atoms with Gasteiger partial charge in [-0.25, -0.2) is 0 Å². The molecular formula is C29H55NO4. The molecule has 34 heavy (non-hydrogen) atoms. The molecule has 0 aromatic heterocycles. The second-order valence-corrected chi connectivity index (χ2v) is 10.1. The number of carboxylic acids is 1. The Labute approximate surface area is 210 Å². The van der Waals surface area contributed by atoms with Crippen molar-refractivity contribution in [2.45, 2.75) is 154 Å². The van der Waals surface area contributed by atoms with Gasteiger partial charge in [-0.2, -0.15) is 0 Å². The maximum Gasteiger partial charge on any atom is 0.321 e. The molecule has 0 spiro atoms. The molecule has 0 saturated carbocycles. The third kappa shape index (κ3) is 19.2. The van der Waals surface area contributed by atoms with Crippen LogP contribution in [0.15, 0.2) is 0 Å². The van der Waals surface area contributed by atoms with Crippen LogP contribution in [0.1, 0.15) is 136 Å². The molecule has 0 aliphatic carbocycles. The van der Waals surface area contributed by atoms with Gasteiger partial charge in [0.15, 0.2) is 0 Å². The molecule has 5 nitrogen and oxygen atoms in total. The molecule has 2 unspecified atom stereocenters. The predicted octanol–water partition coefficient (Wildman–Crippen LogP) is 6.55. The number of aliphatic hydroxyl groups is 2.